The lowest BCUT2D eigenvalue weighted by Gasteiger charge is -2.18. The largest absolute Gasteiger partial charge is 0.378 e. The highest BCUT2D eigenvalue weighted by molar-refractivity contribution is 4.74. The van der Waals surface area contributed by atoms with E-state index in [1.165, 1.54) is 14.0 Å². The Hall–Kier alpha value is -0.220. The fourth-order valence-electron chi connectivity index (χ4n) is 0.324. The van der Waals surface area contributed by atoms with Crippen LogP contribution in [0, 0.1) is 0 Å². The second-order valence-corrected chi connectivity index (χ2v) is 1.98. The molecule has 0 aromatic carbocycles. The molecule has 0 bridgehead atoms. The van der Waals surface area contributed by atoms with Crippen LogP contribution in [0.2, 0.25) is 0 Å². The van der Waals surface area contributed by atoms with Crippen molar-refractivity contribution in [2.45, 2.75) is 18.9 Å². The normalized spacial score (nSPS) is 15.7. The fourth-order valence-corrected chi connectivity index (χ4v) is 0.324. The van der Waals surface area contributed by atoms with Crippen LogP contribution in [0.15, 0.2) is 0 Å². The van der Waals surface area contributed by atoms with Gasteiger partial charge < -0.3 is 10.5 Å². The predicted octanol–water partition coefficient (Wildman–Crippen LogP) is 0.615. The lowest BCUT2D eigenvalue weighted by atomic mass is 10.2. The van der Waals surface area contributed by atoms with Crippen molar-refractivity contribution in [3.63, 3.8) is 0 Å². The Morgan fingerprint density at radius 1 is 1.67 bits per heavy atom. The van der Waals surface area contributed by atoms with Gasteiger partial charge in [0.1, 0.15) is 6.61 Å². The Labute approximate surface area is 53.0 Å². The van der Waals surface area contributed by atoms with Crippen LogP contribution in [0.3, 0.4) is 0 Å². The van der Waals surface area contributed by atoms with Crippen molar-refractivity contribution in [3.05, 3.63) is 0 Å². The van der Waals surface area contributed by atoms with E-state index in [1.54, 1.807) is 0 Å². The summed E-state index contributed by atoms with van der Waals surface area (Å²) in [7, 11) is 1.22. The Morgan fingerprint density at radius 3 is 2.22 bits per heavy atom. The van der Waals surface area contributed by atoms with E-state index in [-0.39, 0.29) is 0 Å². The minimum Gasteiger partial charge on any atom is -0.378 e. The summed E-state index contributed by atoms with van der Waals surface area (Å²) in [5, 5.41) is 0. The van der Waals surface area contributed by atoms with Crippen molar-refractivity contribution in [3.8, 4) is 0 Å². The van der Waals surface area contributed by atoms with E-state index in [4.69, 9.17) is 5.73 Å². The first-order valence-corrected chi connectivity index (χ1v) is 2.63. The van der Waals surface area contributed by atoms with Gasteiger partial charge in [0.05, 0.1) is 6.04 Å². The third-order valence-corrected chi connectivity index (χ3v) is 1.00. The van der Waals surface area contributed by atoms with Crippen LogP contribution in [0.1, 0.15) is 6.92 Å². The molecule has 0 spiro atoms. The van der Waals surface area contributed by atoms with Crippen LogP contribution in [0.25, 0.3) is 0 Å². The average molecular weight is 139 g/mol. The summed E-state index contributed by atoms with van der Waals surface area (Å²) in [5.74, 6) is -2.89. The number of rotatable bonds is 3. The number of hydrogen-bond donors (Lipinski definition) is 1. The molecule has 0 heterocycles. The molecule has 4 heteroatoms. The third kappa shape index (κ3) is 2.72. The highest BCUT2D eigenvalue weighted by Gasteiger charge is 2.33. The molecule has 0 radical (unpaired) electrons. The van der Waals surface area contributed by atoms with E-state index in [0.717, 1.165) is 0 Å². The molecule has 0 aliphatic heterocycles. The van der Waals surface area contributed by atoms with Crippen LogP contribution in [-0.4, -0.2) is 25.7 Å². The number of methoxy groups -OCH3 is 1. The SMILES string of the molecule is COCC(F)(F)C(C)N. The van der Waals surface area contributed by atoms with Crippen LogP contribution in [0.5, 0.6) is 0 Å². The Morgan fingerprint density at radius 2 is 2.11 bits per heavy atom. The van der Waals surface area contributed by atoms with Gasteiger partial charge in [-0.3, -0.25) is 0 Å². The van der Waals surface area contributed by atoms with Crippen LogP contribution in [0.4, 0.5) is 8.78 Å². The average Bonchev–Trinajstić information content (AvgIpc) is 1.65. The molecule has 0 fully saturated rings. The first kappa shape index (κ1) is 8.78. The summed E-state index contributed by atoms with van der Waals surface area (Å²) < 4.78 is 28.8. The Kier molecular flexibility index (Phi) is 3.00. The molecule has 0 aromatic rings. The second-order valence-electron chi connectivity index (χ2n) is 1.98. The summed E-state index contributed by atoms with van der Waals surface area (Å²) >= 11 is 0. The zero-order valence-electron chi connectivity index (χ0n) is 5.53. The second kappa shape index (κ2) is 3.08. The van der Waals surface area contributed by atoms with E-state index in [1.807, 2.05) is 0 Å². The molecule has 56 valence electrons. The van der Waals surface area contributed by atoms with Crippen molar-refractivity contribution in [1.82, 2.24) is 0 Å². The summed E-state index contributed by atoms with van der Waals surface area (Å²) in [5.41, 5.74) is 4.93. The fraction of sp³-hybridized carbons (Fsp3) is 1.00. The van der Waals surface area contributed by atoms with Crippen molar-refractivity contribution in [2.24, 2.45) is 5.73 Å². The minimum absolute atomic E-state index is 0.606. The van der Waals surface area contributed by atoms with Gasteiger partial charge >= 0.3 is 0 Å². The molecular formula is C5H11F2NO. The number of hydrogen-bond acceptors (Lipinski definition) is 2. The van der Waals surface area contributed by atoms with Gasteiger partial charge in [-0.15, -0.1) is 0 Å². The smallest absolute Gasteiger partial charge is 0.285 e. The summed E-state index contributed by atoms with van der Waals surface area (Å²) in [6, 6.07) is -1.14. The highest BCUT2D eigenvalue weighted by atomic mass is 19.3. The summed E-state index contributed by atoms with van der Waals surface area (Å²) in [6.45, 7) is 0.643. The van der Waals surface area contributed by atoms with Gasteiger partial charge in [0.25, 0.3) is 5.92 Å². The first-order chi connectivity index (χ1) is 4.00. The molecule has 0 aliphatic rings. The van der Waals surface area contributed by atoms with E-state index in [2.05, 4.69) is 4.74 Å². The molecule has 0 aliphatic carbocycles. The summed E-state index contributed by atoms with van der Waals surface area (Å²) in [6.07, 6.45) is 0. The van der Waals surface area contributed by atoms with E-state index < -0.39 is 18.6 Å². The number of alkyl halides is 2. The molecule has 0 amide bonds. The standard InChI is InChI=1S/C5H11F2NO/c1-4(8)5(6,7)3-9-2/h4H,3,8H2,1-2H3. The van der Waals surface area contributed by atoms with Crippen LogP contribution in [-0.2, 0) is 4.74 Å². The lowest BCUT2D eigenvalue weighted by Crippen LogP contribution is -2.41. The van der Waals surface area contributed by atoms with Gasteiger partial charge in [-0.2, -0.15) is 0 Å². The molecule has 0 aromatic heterocycles. The molecule has 0 saturated heterocycles. The maximum absolute atomic E-state index is 12.3. The zero-order valence-corrected chi connectivity index (χ0v) is 5.53. The van der Waals surface area contributed by atoms with Crippen molar-refractivity contribution in [1.29, 1.82) is 0 Å². The first-order valence-electron chi connectivity index (χ1n) is 2.63. The van der Waals surface area contributed by atoms with E-state index >= 15 is 0 Å². The molecular weight excluding hydrogens is 128 g/mol. The van der Waals surface area contributed by atoms with Gasteiger partial charge in [0.15, 0.2) is 0 Å². The number of ether oxygens (including phenoxy) is 1. The molecule has 1 unspecified atom stereocenters. The molecule has 1 atom stereocenters. The van der Waals surface area contributed by atoms with Crippen molar-refractivity contribution < 1.29 is 13.5 Å². The van der Waals surface area contributed by atoms with Gasteiger partial charge in [-0.25, -0.2) is 8.78 Å². The summed E-state index contributed by atoms with van der Waals surface area (Å²) in [4.78, 5) is 0. The monoisotopic (exact) mass is 139 g/mol. The third-order valence-electron chi connectivity index (χ3n) is 1.00. The van der Waals surface area contributed by atoms with Crippen LogP contribution >= 0.6 is 0 Å². The predicted molar refractivity (Wildman–Crippen MR) is 30.5 cm³/mol. The van der Waals surface area contributed by atoms with Crippen LogP contribution < -0.4 is 5.73 Å². The quantitative estimate of drug-likeness (QED) is 0.622. The molecule has 0 rings (SSSR count). The minimum atomic E-state index is -2.89. The molecule has 2 nitrogen and oxygen atoms in total. The highest BCUT2D eigenvalue weighted by Crippen LogP contribution is 2.16. The Balaban J connectivity index is 3.70. The topological polar surface area (TPSA) is 35.2 Å². The maximum Gasteiger partial charge on any atom is 0.285 e. The van der Waals surface area contributed by atoms with Gasteiger partial charge in [0.2, 0.25) is 0 Å². The maximum atomic E-state index is 12.3. The Bertz CT molecular complexity index is 85.0. The van der Waals surface area contributed by atoms with Gasteiger partial charge in [0, 0.05) is 7.11 Å². The zero-order chi connectivity index (χ0) is 7.49. The van der Waals surface area contributed by atoms with Crippen molar-refractivity contribution >= 4 is 0 Å². The lowest BCUT2D eigenvalue weighted by molar-refractivity contribution is -0.0782. The number of nitrogens with two attached hydrogens (primary N) is 1. The van der Waals surface area contributed by atoms with Gasteiger partial charge in [-0.05, 0) is 6.92 Å². The van der Waals surface area contributed by atoms with Crippen molar-refractivity contribution in [2.75, 3.05) is 13.7 Å². The van der Waals surface area contributed by atoms with E-state index in [9.17, 15) is 8.78 Å². The number of halogens is 2. The molecule has 9 heavy (non-hydrogen) atoms. The van der Waals surface area contributed by atoms with E-state index in [0.29, 0.717) is 0 Å². The molecule has 0 saturated carbocycles. The van der Waals surface area contributed by atoms with Gasteiger partial charge in [-0.1, -0.05) is 0 Å². The molecule has 2 N–H and O–H groups in total.